The highest BCUT2D eigenvalue weighted by molar-refractivity contribution is 5.88. The summed E-state index contributed by atoms with van der Waals surface area (Å²) in [5, 5.41) is 20.8. The molecule has 0 spiro atoms. The van der Waals surface area contributed by atoms with E-state index >= 15 is 0 Å². The molecule has 1 unspecified atom stereocenters. The summed E-state index contributed by atoms with van der Waals surface area (Å²) in [7, 11) is 0. The summed E-state index contributed by atoms with van der Waals surface area (Å²) < 4.78 is 5.28. The molecule has 2 rings (SSSR count). The fraction of sp³-hybridized carbons (Fsp3) is 0.538. The number of carbonyl (C=O) groups is 2. The highest BCUT2D eigenvalue weighted by Crippen LogP contribution is 2.17. The van der Waals surface area contributed by atoms with Gasteiger partial charge in [0.15, 0.2) is 0 Å². The largest absolute Gasteiger partial charge is 0.478 e. The molecular weight excluding hydrogens is 264 g/mol. The first-order valence-corrected chi connectivity index (χ1v) is 6.51. The van der Waals surface area contributed by atoms with Crippen molar-refractivity contribution in [1.29, 1.82) is 0 Å². The van der Waals surface area contributed by atoms with E-state index in [0.29, 0.717) is 18.1 Å². The van der Waals surface area contributed by atoms with E-state index in [1.54, 1.807) is 11.8 Å². The van der Waals surface area contributed by atoms with E-state index in [2.05, 4.69) is 5.32 Å². The number of hydrogen-bond acceptors (Lipinski definition) is 4. The monoisotopic (exact) mass is 282 g/mol. The van der Waals surface area contributed by atoms with E-state index in [4.69, 9.17) is 14.6 Å². The minimum Gasteiger partial charge on any atom is -0.478 e. The minimum atomic E-state index is -1.05. The second kappa shape index (κ2) is 5.96. The number of nitrogens with zero attached hydrogens (tertiary/aromatic N) is 1. The van der Waals surface area contributed by atoms with Crippen molar-refractivity contribution in [3.05, 3.63) is 23.2 Å². The summed E-state index contributed by atoms with van der Waals surface area (Å²) in [4.78, 5) is 24.4. The van der Waals surface area contributed by atoms with Gasteiger partial charge in [-0.05, 0) is 25.8 Å². The van der Waals surface area contributed by atoms with Crippen molar-refractivity contribution >= 4 is 12.0 Å². The lowest BCUT2D eigenvalue weighted by molar-refractivity contribution is 0.0695. The van der Waals surface area contributed by atoms with Gasteiger partial charge in [0.25, 0.3) is 0 Å². The summed E-state index contributed by atoms with van der Waals surface area (Å²) in [6.07, 6.45) is 1.68. The number of carbonyl (C=O) groups excluding carboxylic acids is 1. The molecule has 2 heterocycles. The molecule has 0 radical (unpaired) electrons. The molecule has 1 fully saturated rings. The van der Waals surface area contributed by atoms with Gasteiger partial charge in [-0.3, -0.25) is 0 Å². The molecule has 1 aromatic heterocycles. The Labute approximate surface area is 116 Å². The van der Waals surface area contributed by atoms with E-state index in [0.717, 1.165) is 12.8 Å². The van der Waals surface area contributed by atoms with Gasteiger partial charge in [-0.2, -0.15) is 0 Å². The first-order chi connectivity index (χ1) is 9.52. The molecular formula is C13H18N2O5. The Morgan fingerprint density at radius 1 is 1.55 bits per heavy atom. The highest BCUT2D eigenvalue weighted by Gasteiger charge is 2.28. The standard InChI is InChI=1S/C13H18N2O5/c1-8-11(12(17)18)5-10(20-8)6-14-13(19)15-4-2-3-9(15)7-16/h5,9,16H,2-4,6-7H2,1H3,(H,14,19)(H,17,18). The van der Waals surface area contributed by atoms with Crippen molar-refractivity contribution < 1.29 is 24.2 Å². The van der Waals surface area contributed by atoms with Crippen LogP contribution in [0.15, 0.2) is 10.5 Å². The van der Waals surface area contributed by atoms with Crippen molar-refractivity contribution in [2.24, 2.45) is 0 Å². The third-order valence-corrected chi connectivity index (χ3v) is 3.46. The second-order valence-electron chi connectivity index (χ2n) is 4.82. The normalized spacial score (nSPS) is 18.3. The number of furan rings is 1. The lowest BCUT2D eigenvalue weighted by Crippen LogP contribution is -2.43. The van der Waals surface area contributed by atoms with Gasteiger partial charge in [0, 0.05) is 6.54 Å². The third kappa shape index (κ3) is 2.93. The molecule has 7 nitrogen and oxygen atoms in total. The summed E-state index contributed by atoms with van der Waals surface area (Å²) in [5.41, 5.74) is 0.101. The van der Waals surface area contributed by atoms with Crippen LogP contribution in [0, 0.1) is 6.92 Å². The van der Waals surface area contributed by atoms with Crippen LogP contribution in [-0.4, -0.2) is 46.3 Å². The molecule has 0 aliphatic carbocycles. The first kappa shape index (κ1) is 14.4. The zero-order chi connectivity index (χ0) is 14.7. The number of likely N-dealkylation sites (tertiary alicyclic amines) is 1. The van der Waals surface area contributed by atoms with Crippen LogP contribution in [0.1, 0.15) is 34.7 Å². The summed E-state index contributed by atoms with van der Waals surface area (Å²) in [6, 6.07) is 1.00. The van der Waals surface area contributed by atoms with Crippen molar-refractivity contribution in [2.45, 2.75) is 32.4 Å². The molecule has 3 N–H and O–H groups in total. The zero-order valence-electron chi connectivity index (χ0n) is 11.3. The van der Waals surface area contributed by atoms with Crippen molar-refractivity contribution in [3.8, 4) is 0 Å². The lowest BCUT2D eigenvalue weighted by Gasteiger charge is -2.22. The summed E-state index contributed by atoms with van der Waals surface area (Å²) >= 11 is 0. The lowest BCUT2D eigenvalue weighted by atomic mass is 10.2. The number of urea groups is 1. The van der Waals surface area contributed by atoms with E-state index in [9.17, 15) is 9.59 Å². The first-order valence-electron chi connectivity index (χ1n) is 6.51. The van der Waals surface area contributed by atoms with Gasteiger partial charge in [-0.25, -0.2) is 9.59 Å². The maximum absolute atomic E-state index is 12.0. The number of aliphatic hydroxyl groups is 1. The molecule has 1 aromatic rings. The predicted octanol–water partition coefficient (Wildman–Crippen LogP) is 0.953. The average molecular weight is 282 g/mol. The quantitative estimate of drug-likeness (QED) is 0.763. The molecule has 0 saturated carbocycles. The third-order valence-electron chi connectivity index (χ3n) is 3.46. The predicted molar refractivity (Wildman–Crippen MR) is 69.5 cm³/mol. The van der Waals surface area contributed by atoms with Crippen LogP contribution in [0.4, 0.5) is 4.79 Å². The van der Waals surface area contributed by atoms with Gasteiger partial charge in [-0.1, -0.05) is 0 Å². The molecule has 1 aliphatic rings. The van der Waals surface area contributed by atoms with Gasteiger partial charge in [0.1, 0.15) is 17.1 Å². The second-order valence-corrected chi connectivity index (χ2v) is 4.82. The van der Waals surface area contributed by atoms with Crippen LogP contribution in [0.25, 0.3) is 0 Å². The van der Waals surface area contributed by atoms with Gasteiger partial charge in [0.05, 0.1) is 19.2 Å². The number of aromatic carboxylic acids is 1. The van der Waals surface area contributed by atoms with E-state index in [-0.39, 0.29) is 30.8 Å². The number of rotatable bonds is 4. The number of carboxylic acids is 1. The van der Waals surface area contributed by atoms with Crippen molar-refractivity contribution in [1.82, 2.24) is 10.2 Å². The van der Waals surface area contributed by atoms with Crippen LogP contribution < -0.4 is 5.32 Å². The Morgan fingerprint density at radius 2 is 2.30 bits per heavy atom. The van der Waals surface area contributed by atoms with Crippen molar-refractivity contribution in [3.63, 3.8) is 0 Å². The Hall–Kier alpha value is -2.02. The molecule has 1 saturated heterocycles. The number of carboxylic acid groups (broad SMARTS) is 1. The Bertz CT molecular complexity index is 511. The van der Waals surface area contributed by atoms with Crippen LogP contribution in [0.5, 0.6) is 0 Å². The maximum Gasteiger partial charge on any atom is 0.339 e. The number of aliphatic hydroxyl groups excluding tert-OH is 1. The molecule has 1 atom stereocenters. The number of nitrogens with one attached hydrogen (secondary N) is 1. The van der Waals surface area contributed by atoms with Gasteiger partial charge >= 0.3 is 12.0 Å². The van der Waals surface area contributed by atoms with Gasteiger partial charge in [-0.15, -0.1) is 0 Å². The molecule has 2 amide bonds. The number of amides is 2. The molecule has 110 valence electrons. The van der Waals surface area contributed by atoms with Crippen LogP contribution in [0.3, 0.4) is 0 Å². The highest BCUT2D eigenvalue weighted by atomic mass is 16.4. The molecule has 1 aliphatic heterocycles. The Balaban J connectivity index is 1.93. The summed E-state index contributed by atoms with van der Waals surface area (Å²) in [6.45, 7) is 2.27. The van der Waals surface area contributed by atoms with Gasteiger partial charge < -0.3 is 24.8 Å². The molecule has 0 aromatic carbocycles. The smallest absolute Gasteiger partial charge is 0.339 e. The molecule has 20 heavy (non-hydrogen) atoms. The topological polar surface area (TPSA) is 103 Å². The number of hydrogen-bond donors (Lipinski definition) is 3. The molecule has 7 heteroatoms. The van der Waals surface area contributed by atoms with Crippen LogP contribution in [0.2, 0.25) is 0 Å². The minimum absolute atomic E-state index is 0.0452. The van der Waals surface area contributed by atoms with E-state index in [1.165, 1.54) is 6.07 Å². The van der Waals surface area contributed by atoms with E-state index in [1.807, 2.05) is 0 Å². The Kier molecular flexibility index (Phi) is 4.29. The Morgan fingerprint density at radius 3 is 2.90 bits per heavy atom. The fourth-order valence-corrected chi connectivity index (χ4v) is 2.40. The van der Waals surface area contributed by atoms with Crippen LogP contribution in [-0.2, 0) is 6.54 Å². The molecule has 0 bridgehead atoms. The average Bonchev–Trinajstić information content (AvgIpc) is 3.01. The summed E-state index contributed by atoms with van der Waals surface area (Å²) in [5.74, 6) is -0.340. The van der Waals surface area contributed by atoms with Crippen molar-refractivity contribution in [2.75, 3.05) is 13.2 Å². The number of aryl methyl sites for hydroxylation is 1. The van der Waals surface area contributed by atoms with Crippen LogP contribution >= 0.6 is 0 Å². The van der Waals surface area contributed by atoms with E-state index < -0.39 is 5.97 Å². The van der Waals surface area contributed by atoms with Gasteiger partial charge in [0.2, 0.25) is 0 Å². The zero-order valence-corrected chi connectivity index (χ0v) is 11.3. The fourth-order valence-electron chi connectivity index (χ4n) is 2.40. The SMILES string of the molecule is Cc1oc(CNC(=O)N2CCCC2CO)cc1C(=O)O. The maximum atomic E-state index is 12.0.